The molecule has 102 valence electrons. The van der Waals surface area contributed by atoms with Crippen molar-refractivity contribution in [2.45, 2.75) is 6.92 Å². The molecule has 3 aromatic rings. The maximum Gasteiger partial charge on any atom is 0.335 e. The first-order chi connectivity index (χ1) is 10.1. The molecule has 0 saturated heterocycles. The maximum atomic E-state index is 11.1. The van der Waals surface area contributed by atoms with Gasteiger partial charge < -0.3 is 5.11 Å². The van der Waals surface area contributed by atoms with Crippen LogP contribution in [-0.2, 0) is 0 Å². The molecule has 0 aliphatic rings. The number of carboxylic acid groups (broad SMARTS) is 1. The molecule has 0 aliphatic carbocycles. The van der Waals surface area contributed by atoms with Gasteiger partial charge in [-0.05, 0) is 53.3 Å². The van der Waals surface area contributed by atoms with Crippen molar-refractivity contribution in [1.82, 2.24) is 0 Å². The molecule has 21 heavy (non-hydrogen) atoms. The second-order valence-electron chi connectivity index (χ2n) is 4.80. The number of aromatic carboxylic acids is 1. The van der Waals surface area contributed by atoms with Gasteiger partial charge in [0.05, 0.1) is 17.2 Å². The van der Waals surface area contributed by atoms with Gasteiger partial charge in [0.1, 0.15) is 0 Å². The van der Waals surface area contributed by atoms with Gasteiger partial charge in [-0.1, -0.05) is 12.1 Å². The van der Waals surface area contributed by atoms with E-state index in [1.807, 2.05) is 29.6 Å². The van der Waals surface area contributed by atoms with E-state index in [4.69, 9.17) is 10.4 Å². The Labute approximate surface area is 125 Å². The fraction of sp³-hybridized carbons (Fsp3) is 0.0588. The van der Waals surface area contributed by atoms with Crippen molar-refractivity contribution in [2.75, 3.05) is 0 Å². The molecule has 0 aliphatic heterocycles. The molecule has 1 N–H and O–H groups in total. The number of aryl methyl sites for hydroxylation is 1. The third kappa shape index (κ3) is 2.28. The van der Waals surface area contributed by atoms with Crippen LogP contribution in [0.2, 0.25) is 0 Å². The number of carbonyl (C=O) groups is 1. The fourth-order valence-electron chi connectivity index (χ4n) is 2.45. The lowest BCUT2D eigenvalue weighted by Gasteiger charge is -2.08. The van der Waals surface area contributed by atoms with Crippen molar-refractivity contribution in [3.8, 4) is 17.2 Å². The predicted molar refractivity (Wildman–Crippen MR) is 83.7 cm³/mol. The van der Waals surface area contributed by atoms with E-state index in [2.05, 4.69) is 6.07 Å². The maximum absolute atomic E-state index is 11.1. The van der Waals surface area contributed by atoms with E-state index in [0.717, 1.165) is 21.2 Å². The first kappa shape index (κ1) is 13.3. The van der Waals surface area contributed by atoms with Crippen LogP contribution in [0.1, 0.15) is 21.5 Å². The van der Waals surface area contributed by atoms with Gasteiger partial charge in [0.2, 0.25) is 0 Å². The molecule has 4 heteroatoms. The van der Waals surface area contributed by atoms with E-state index < -0.39 is 5.97 Å². The monoisotopic (exact) mass is 293 g/mol. The van der Waals surface area contributed by atoms with Crippen molar-refractivity contribution >= 4 is 27.4 Å². The average molecular weight is 293 g/mol. The zero-order valence-electron chi connectivity index (χ0n) is 11.3. The third-order valence-electron chi connectivity index (χ3n) is 3.47. The zero-order chi connectivity index (χ0) is 15.0. The molecule has 0 saturated carbocycles. The minimum atomic E-state index is -0.925. The standard InChI is InChI=1S/C17H11NO2S/c1-10-6-12(2-3-13(10)17(19)20)15-7-11(9-18)8-16-14(15)4-5-21-16/h2-8H,1H3,(H,19,20). The summed E-state index contributed by atoms with van der Waals surface area (Å²) in [5, 5.41) is 21.3. The Balaban J connectivity index is 2.25. The van der Waals surface area contributed by atoms with Gasteiger partial charge >= 0.3 is 5.97 Å². The SMILES string of the molecule is Cc1cc(-c2cc(C#N)cc3sccc23)ccc1C(=O)O. The van der Waals surface area contributed by atoms with E-state index in [-0.39, 0.29) is 0 Å². The van der Waals surface area contributed by atoms with Gasteiger partial charge in [-0.25, -0.2) is 4.79 Å². The Hall–Kier alpha value is -2.64. The summed E-state index contributed by atoms with van der Waals surface area (Å²) in [6, 6.07) is 13.2. The number of carboxylic acids is 1. The highest BCUT2D eigenvalue weighted by Crippen LogP contribution is 2.34. The highest BCUT2D eigenvalue weighted by atomic mass is 32.1. The molecule has 3 nitrogen and oxygen atoms in total. The number of nitrogens with zero attached hydrogens (tertiary/aromatic N) is 1. The van der Waals surface area contributed by atoms with Crippen LogP contribution < -0.4 is 0 Å². The minimum Gasteiger partial charge on any atom is -0.478 e. The summed E-state index contributed by atoms with van der Waals surface area (Å²) in [4.78, 5) is 11.1. The van der Waals surface area contributed by atoms with Gasteiger partial charge in [0.25, 0.3) is 0 Å². The number of fused-ring (bicyclic) bond motifs is 1. The van der Waals surface area contributed by atoms with Gasteiger partial charge in [0.15, 0.2) is 0 Å². The van der Waals surface area contributed by atoms with Crippen LogP contribution in [-0.4, -0.2) is 11.1 Å². The predicted octanol–water partition coefficient (Wildman–Crippen LogP) is 4.45. The van der Waals surface area contributed by atoms with Crippen LogP contribution in [0.4, 0.5) is 0 Å². The van der Waals surface area contributed by atoms with Crippen molar-refractivity contribution in [3.05, 3.63) is 58.5 Å². The summed E-state index contributed by atoms with van der Waals surface area (Å²) in [6.07, 6.45) is 0. The number of hydrogen-bond donors (Lipinski definition) is 1. The lowest BCUT2D eigenvalue weighted by atomic mass is 9.96. The third-order valence-corrected chi connectivity index (χ3v) is 4.33. The number of hydrogen-bond acceptors (Lipinski definition) is 3. The van der Waals surface area contributed by atoms with E-state index in [0.29, 0.717) is 16.7 Å². The lowest BCUT2D eigenvalue weighted by molar-refractivity contribution is 0.0696. The Bertz CT molecular complexity index is 903. The number of nitriles is 1. The molecule has 0 atom stereocenters. The van der Waals surface area contributed by atoms with Gasteiger partial charge in [-0.15, -0.1) is 11.3 Å². The van der Waals surface area contributed by atoms with E-state index in [1.54, 1.807) is 30.4 Å². The van der Waals surface area contributed by atoms with E-state index in [1.165, 1.54) is 0 Å². The second kappa shape index (κ2) is 5.04. The lowest BCUT2D eigenvalue weighted by Crippen LogP contribution is -1.99. The molecule has 1 aromatic heterocycles. The molecular formula is C17H11NO2S. The summed E-state index contributed by atoms with van der Waals surface area (Å²) in [6.45, 7) is 1.78. The van der Waals surface area contributed by atoms with Gasteiger partial charge in [-0.2, -0.15) is 5.26 Å². The highest BCUT2D eigenvalue weighted by molar-refractivity contribution is 7.17. The zero-order valence-corrected chi connectivity index (χ0v) is 12.1. The molecule has 0 spiro atoms. The first-order valence-electron chi connectivity index (χ1n) is 6.36. The molecule has 0 radical (unpaired) electrons. The molecule has 0 unspecified atom stereocenters. The molecule has 0 bridgehead atoms. The molecule has 3 rings (SSSR count). The largest absolute Gasteiger partial charge is 0.478 e. The quantitative estimate of drug-likeness (QED) is 0.759. The smallest absolute Gasteiger partial charge is 0.335 e. The van der Waals surface area contributed by atoms with Crippen molar-refractivity contribution in [1.29, 1.82) is 5.26 Å². The first-order valence-corrected chi connectivity index (χ1v) is 7.24. The Morgan fingerprint density at radius 2 is 2.05 bits per heavy atom. The van der Waals surface area contributed by atoms with Crippen LogP contribution in [0, 0.1) is 18.3 Å². The number of rotatable bonds is 2. The highest BCUT2D eigenvalue weighted by Gasteiger charge is 2.11. The van der Waals surface area contributed by atoms with Crippen molar-refractivity contribution < 1.29 is 9.90 Å². The summed E-state index contributed by atoms with van der Waals surface area (Å²) < 4.78 is 1.06. The Morgan fingerprint density at radius 3 is 2.71 bits per heavy atom. The van der Waals surface area contributed by atoms with Gasteiger partial charge in [0, 0.05) is 10.1 Å². The molecular weight excluding hydrogens is 282 g/mol. The van der Waals surface area contributed by atoms with Crippen molar-refractivity contribution in [2.24, 2.45) is 0 Å². The summed E-state index contributed by atoms with van der Waals surface area (Å²) >= 11 is 1.59. The van der Waals surface area contributed by atoms with Crippen LogP contribution in [0.3, 0.4) is 0 Å². The van der Waals surface area contributed by atoms with Crippen LogP contribution >= 0.6 is 11.3 Å². The summed E-state index contributed by atoms with van der Waals surface area (Å²) in [5.41, 5.74) is 3.52. The van der Waals surface area contributed by atoms with Crippen LogP contribution in [0.5, 0.6) is 0 Å². The molecule has 1 heterocycles. The topological polar surface area (TPSA) is 61.1 Å². The van der Waals surface area contributed by atoms with Crippen molar-refractivity contribution in [3.63, 3.8) is 0 Å². The Kier molecular flexibility index (Phi) is 3.20. The molecule has 0 amide bonds. The number of thiophene rings is 1. The van der Waals surface area contributed by atoms with E-state index >= 15 is 0 Å². The molecule has 2 aromatic carbocycles. The Morgan fingerprint density at radius 1 is 1.24 bits per heavy atom. The van der Waals surface area contributed by atoms with Gasteiger partial charge in [-0.3, -0.25) is 0 Å². The normalized spacial score (nSPS) is 10.5. The fourth-order valence-corrected chi connectivity index (χ4v) is 3.30. The number of benzene rings is 2. The van der Waals surface area contributed by atoms with E-state index in [9.17, 15) is 4.79 Å². The summed E-state index contributed by atoms with van der Waals surface area (Å²) in [5.74, 6) is -0.925. The van der Waals surface area contributed by atoms with Crippen LogP contribution in [0.25, 0.3) is 21.2 Å². The minimum absolute atomic E-state index is 0.303. The summed E-state index contributed by atoms with van der Waals surface area (Å²) in [7, 11) is 0. The second-order valence-corrected chi connectivity index (χ2v) is 5.75. The molecule has 0 fully saturated rings. The van der Waals surface area contributed by atoms with Crippen LogP contribution in [0.15, 0.2) is 41.8 Å². The average Bonchev–Trinajstić information content (AvgIpc) is 2.93.